The van der Waals surface area contributed by atoms with Crippen LogP contribution in [0.2, 0.25) is 5.02 Å². The highest BCUT2D eigenvalue weighted by Gasteiger charge is 2.33. The molecule has 3 heterocycles. The van der Waals surface area contributed by atoms with Crippen LogP contribution in [0, 0.1) is 5.92 Å². The van der Waals surface area contributed by atoms with Crippen molar-refractivity contribution in [2.24, 2.45) is 5.92 Å². The molecule has 6 heteroatoms. The van der Waals surface area contributed by atoms with Crippen molar-refractivity contribution in [3.05, 3.63) is 40.7 Å². The molecule has 5 nitrogen and oxygen atoms in total. The third-order valence-corrected chi connectivity index (χ3v) is 6.61. The Kier molecular flexibility index (Phi) is 5.68. The molecule has 1 amide bonds. The zero-order chi connectivity index (χ0) is 19.7. The second-order valence-corrected chi connectivity index (χ2v) is 8.96. The third kappa shape index (κ3) is 3.93. The van der Waals surface area contributed by atoms with E-state index in [4.69, 9.17) is 16.3 Å². The van der Waals surface area contributed by atoms with Gasteiger partial charge in [0, 0.05) is 37.6 Å². The van der Waals surface area contributed by atoms with Gasteiger partial charge in [-0.15, -0.1) is 0 Å². The Balaban J connectivity index is 1.59. The Bertz CT molecular complexity index is 859. The fourth-order valence-corrected chi connectivity index (χ4v) is 5.12. The summed E-state index contributed by atoms with van der Waals surface area (Å²) < 4.78 is 7.54. The first-order chi connectivity index (χ1) is 13.5. The number of carbonyl (C=O) groups excluding carboxylic acids is 1. The molecule has 0 aromatic carbocycles. The molecule has 1 aliphatic carbocycles. The highest BCUT2D eigenvalue weighted by molar-refractivity contribution is 6.34. The van der Waals surface area contributed by atoms with Crippen LogP contribution in [0.1, 0.15) is 67.4 Å². The van der Waals surface area contributed by atoms with Gasteiger partial charge in [0.05, 0.1) is 21.7 Å². The van der Waals surface area contributed by atoms with Gasteiger partial charge in [-0.25, -0.2) is 0 Å². The molecule has 4 rings (SSSR count). The van der Waals surface area contributed by atoms with Crippen molar-refractivity contribution in [2.75, 3.05) is 19.8 Å². The number of rotatable bonds is 4. The van der Waals surface area contributed by atoms with Crippen LogP contribution in [-0.2, 0) is 4.74 Å². The number of nitrogens with zero attached hydrogens (tertiary/aromatic N) is 1. The molecule has 1 aliphatic heterocycles. The lowest BCUT2D eigenvalue weighted by Gasteiger charge is -2.35. The summed E-state index contributed by atoms with van der Waals surface area (Å²) in [7, 11) is 0. The smallest absolute Gasteiger partial charge is 0.253 e. The van der Waals surface area contributed by atoms with Crippen LogP contribution in [-0.4, -0.2) is 40.8 Å². The van der Waals surface area contributed by atoms with E-state index in [1.807, 2.05) is 28.8 Å². The topological polar surface area (TPSA) is 63.0 Å². The molecule has 2 atom stereocenters. The van der Waals surface area contributed by atoms with Gasteiger partial charge in [0.1, 0.15) is 0 Å². The Labute approximate surface area is 171 Å². The number of pyridine rings is 1. The van der Waals surface area contributed by atoms with Gasteiger partial charge in [0.15, 0.2) is 0 Å². The number of aromatic nitrogens is 1. The normalized spacial score (nSPS) is 26.5. The summed E-state index contributed by atoms with van der Waals surface area (Å²) in [5.74, 6) is 0.667. The highest BCUT2D eigenvalue weighted by atomic mass is 35.5. The van der Waals surface area contributed by atoms with Crippen LogP contribution in [0.15, 0.2) is 24.4 Å². The van der Waals surface area contributed by atoms with E-state index < -0.39 is 5.60 Å². The SMILES string of the molecule is CC1CCCC(O)(CNC(=O)c2cc(C3CCOCC3)n3cccc(Cl)c23)C1. The third-order valence-electron chi connectivity index (χ3n) is 6.30. The minimum atomic E-state index is -0.809. The van der Waals surface area contributed by atoms with Gasteiger partial charge < -0.3 is 19.6 Å². The molecular weight excluding hydrogens is 376 g/mol. The Morgan fingerprint density at radius 1 is 1.39 bits per heavy atom. The maximum absolute atomic E-state index is 13.1. The van der Waals surface area contributed by atoms with Gasteiger partial charge in [-0.3, -0.25) is 4.79 Å². The van der Waals surface area contributed by atoms with Crippen LogP contribution in [0.5, 0.6) is 0 Å². The number of halogens is 1. The van der Waals surface area contributed by atoms with Gasteiger partial charge >= 0.3 is 0 Å². The van der Waals surface area contributed by atoms with E-state index >= 15 is 0 Å². The quantitative estimate of drug-likeness (QED) is 0.804. The molecule has 152 valence electrons. The van der Waals surface area contributed by atoms with Gasteiger partial charge in [-0.1, -0.05) is 31.4 Å². The van der Waals surface area contributed by atoms with E-state index in [9.17, 15) is 9.90 Å². The molecule has 0 bridgehead atoms. The van der Waals surface area contributed by atoms with Crippen molar-refractivity contribution < 1.29 is 14.6 Å². The number of nitrogens with one attached hydrogen (secondary N) is 1. The van der Waals surface area contributed by atoms with Crippen molar-refractivity contribution in [1.82, 2.24) is 9.72 Å². The minimum absolute atomic E-state index is 0.171. The Hall–Kier alpha value is -1.56. The average molecular weight is 405 g/mol. The number of ether oxygens (including phenoxy) is 1. The number of hydrogen-bond donors (Lipinski definition) is 2. The summed E-state index contributed by atoms with van der Waals surface area (Å²) in [5, 5.41) is 14.4. The van der Waals surface area contributed by atoms with Crippen molar-refractivity contribution in [3.8, 4) is 0 Å². The zero-order valence-corrected chi connectivity index (χ0v) is 17.2. The van der Waals surface area contributed by atoms with Crippen molar-refractivity contribution in [1.29, 1.82) is 0 Å². The molecule has 2 fully saturated rings. The minimum Gasteiger partial charge on any atom is -0.388 e. The summed E-state index contributed by atoms with van der Waals surface area (Å²) in [6, 6.07) is 5.70. The van der Waals surface area contributed by atoms with Crippen molar-refractivity contribution in [2.45, 2.75) is 57.0 Å². The molecular formula is C22H29ClN2O3. The summed E-state index contributed by atoms with van der Waals surface area (Å²) >= 11 is 6.48. The maximum Gasteiger partial charge on any atom is 0.253 e. The fourth-order valence-electron chi connectivity index (χ4n) is 4.86. The first kappa shape index (κ1) is 19.7. The fraction of sp³-hybridized carbons (Fsp3) is 0.591. The number of aliphatic hydroxyl groups is 1. The monoisotopic (exact) mass is 404 g/mol. The summed E-state index contributed by atoms with van der Waals surface area (Å²) in [5.41, 5.74) is 1.62. The summed E-state index contributed by atoms with van der Waals surface area (Å²) in [6.45, 7) is 3.92. The molecule has 28 heavy (non-hydrogen) atoms. The number of amides is 1. The molecule has 0 spiro atoms. The largest absolute Gasteiger partial charge is 0.388 e. The summed E-state index contributed by atoms with van der Waals surface area (Å²) in [4.78, 5) is 13.1. The second-order valence-electron chi connectivity index (χ2n) is 8.55. The lowest BCUT2D eigenvalue weighted by molar-refractivity contribution is -0.0109. The molecule has 2 unspecified atom stereocenters. The molecule has 1 saturated heterocycles. The van der Waals surface area contributed by atoms with Crippen LogP contribution in [0.4, 0.5) is 0 Å². The lowest BCUT2D eigenvalue weighted by Crippen LogP contribution is -2.45. The molecule has 2 N–H and O–H groups in total. The Morgan fingerprint density at radius 3 is 2.93 bits per heavy atom. The second kappa shape index (κ2) is 8.05. The van der Waals surface area contributed by atoms with Gasteiger partial charge in [-0.05, 0) is 49.8 Å². The van der Waals surface area contributed by atoms with E-state index in [-0.39, 0.29) is 12.5 Å². The zero-order valence-electron chi connectivity index (χ0n) is 16.4. The van der Waals surface area contributed by atoms with Crippen LogP contribution in [0.25, 0.3) is 5.52 Å². The molecule has 2 aliphatic rings. The van der Waals surface area contributed by atoms with E-state index in [0.29, 0.717) is 22.4 Å². The van der Waals surface area contributed by atoms with Crippen LogP contribution < -0.4 is 5.32 Å². The average Bonchev–Trinajstić information content (AvgIpc) is 3.08. The van der Waals surface area contributed by atoms with Crippen LogP contribution >= 0.6 is 11.6 Å². The molecule has 1 saturated carbocycles. The van der Waals surface area contributed by atoms with Crippen LogP contribution in [0.3, 0.4) is 0 Å². The first-order valence-electron chi connectivity index (χ1n) is 10.3. The number of hydrogen-bond acceptors (Lipinski definition) is 3. The molecule has 2 aromatic rings. The standard InChI is InChI=1S/C22H29ClN2O3/c1-15-4-2-8-22(27,13-15)14-24-21(26)17-12-19(16-6-10-28-11-7-16)25-9-3-5-18(23)20(17)25/h3,5,9,12,15-16,27H,2,4,6-8,10-11,13-14H2,1H3,(H,24,26). The molecule has 0 radical (unpaired) electrons. The van der Waals surface area contributed by atoms with Gasteiger partial charge in [0.25, 0.3) is 5.91 Å². The first-order valence-corrected chi connectivity index (χ1v) is 10.7. The van der Waals surface area contributed by atoms with E-state index in [0.717, 1.165) is 62.9 Å². The van der Waals surface area contributed by atoms with Crippen molar-refractivity contribution >= 4 is 23.0 Å². The van der Waals surface area contributed by atoms with Gasteiger partial charge in [-0.2, -0.15) is 0 Å². The molecule has 2 aromatic heterocycles. The van der Waals surface area contributed by atoms with Gasteiger partial charge in [0.2, 0.25) is 0 Å². The number of carbonyl (C=O) groups is 1. The van der Waals surface area contributed by atoms with E-state index in [1.165, 1.54) is 0 Å². The number of fused-ring (bicyclic) bond motifs is 1. The predicted molar refractivity (Wildman–Crippen MR) is 110 cm³/mol. The Morgan fingerprint density at radius 2 is 2.18 bits per heavy atom. The predicted octanol–water partition coefficient (Wildman–Crippen LogP) is 4.16. The lowest BCUT2D eigenvalue weighted by atomic mass is 9.79. The highest BCUT2D eigenvalue weighted by Crippen LogP contribution is 2.34. The van der Waals surface area contributed by atoms with E-state index in [1.54, 1.807) is 0 Å². The van der Waals surface area contributed by atoms with E-state index in [2.05, 4.69) is 12.2 Å². The maximum atomic E-state index is 13.1. The van der Waals surface area contributed by atoms with Crippen molar-refractivity contribution in [3.63, 3.8) is 0 Å². The summed E-state index contributed by atoms with van der Waals surface area (Å²) in [6.07, 6.45) is 7.47.